The molecule has 378 valence electrons. The van der Waals surface area contributed by atoms with Gasteiger partial charge in [-0.15, -0.1) is 0 Å². The molecule has 0 radical (unpaired) electrons. The van der Waals surface area contributed by atoms with Crippen LogP contribution in [0.15, 0.2) is 127 Å². The molecule has 6 atom stereocenters. The van der Waals surface area contributed by atoms with Crippen LogP contribution in [-0.2, 0) is 25.5 Å². The minimum Gasteiger partial charge on any atom is -0.508 e. The Hall–Kier alpha value is -7.39. The van der Waals surface area contributed by atoms with Crippen LogP contribution in [0.5, 0.6) is 23.0 Å². The molecule has 2 aromatic heterocycles. The summed E-state index contributed by atoms with van der Waals surface area (Å²) in [6, 6.07) is 16.0. The molecule has 4 heterocycles. The second kappa shape index (κ2) is 21.0. The van der Waals surface area contributed by atoms with E-state index < -0.39 is 29.3 Å². The van der Waals surface area contributed by atoms with E-state index in [4.69, 9.17) is 9.47 Å². The Bertz CT molecular complexity index is 3120. The number of methoxy groups -OCH3 is 1. The van der Waals surface area contributed by atoms with E-state index in [9.17, 15) is 29.7 Å². The van der Waals surface area contributed by atoms with E-state index in [1.807, 2.05) is 41.2 Å². The predicted octanol–water partition coefficient (Wildman–Crippen LogP) is 11.1. The Kier molecular flexibility index (Phi) is 14.1. The third kappa shape index (κ3) is 10.1. The summed E-state index contributed by atoms with van der Waals surface area (Å²) in [5, 5.41) is 38.4. The summed E-state index contributed by atoms with van der Waals surface area (Å²) < 4.78 is 13.6. The molecule has 5 aromatic rings. The number of fused-ring (bicyclic) bond motifs is 2. The molecule has 73 heavy (non-hydrogen) atoms. The van der Waals surface area contributed by atoms with Crippen LogP contribution in [0.3, 0.4) is 0 Å². The van der Waals surface area contributed by atoms with Crippen molar-refractivity contribution in [3.8, 4) is 34.8 Å². The number of benzene rings is 3. The summed E-state index contributed by atoms with van der Waals surface area (Å²) in [6.45, 7) is 4.52. The van der Waals surface area contributed by atoms with Gasteiger partial charge in [-0.2, -0.15) is 0 Å². The fraction of sp³-hybridized carbons (Fsp3) is 0.393. The zero-order chi connectivity index (χ0) is 50.8. The SMILES string of the molecule is COc1cc(C2CC(=O)CC(OC(C)=O)CCC34Cc5c[nH]cc5C(C#CCC3=CC=CC4C)C(c3cccc(O)c3)C3=CCNC(=C3)N(CCC(=O)C3CCCCC3)c3cccc4cn2cc34)cc(O)c1O. The van der Waals surface area contributed by atoms with Gasteiger partial charge >= 0.3 is 5.97 Å². The maximum atomic E-state index is 14.8. The van der Waals surface area contributed by atoms with Crippen molar-refractivity contribution in [3.05, 3.63) is 149 Å². The minimum absolute atomic E-state index is 0.0303. The Morgan fingerprint density at radius 1 is 0.959 bits per heavy atom. The lowest BCUT2D eigenvalue weighted by Crippen LogP contribution is -2.36. The summed E-state index contributed by atoms with van der Waals surface area (Å²) >= 11 is 0. The molecule has 10 rings (SSSR count). The number of anilines is 1. The normalized spacial score (nSPS) is 24.5. The van der Waals surface area contributed by atoms with Gasteiger partial charge in [0.15, 0.2) is 11.5 Å². The van der Waals surface area contributed by atoms with Crippen LogP contribution < -0.4 is 15.0 Å². The van der Waals surface area contributed by atoms with Gasteiger partial charge in [0.05, 0.1) is 24.8 Å². The van der Waals surface area contributed by atoms with E-state index in [1.165, 1.54) is 25.7 Å². The highest BCUT2D eigenvalue weighted by Gasteiger charge is 2.43. The number of phenolic OH excluding ortho intramolecular Hbond substituents is 3. The number of phenols is 3. The first-order valence-corrected chi connectivity index (χ1v) is 26.0. The lowest BCUT2D eigenvalue weighted by Gasteiger charge is -2.43. The summed E-state index contributed by atoms with van der Waals surface area (Å²) in [7, 11) is 1.41. The molecular weight excluding hydrogens is 917 g/mol. The van der Waals surface area contributed by atoms with Crippen LogP contribution in [0.2, 0.25) is 0 Å². The summed E-state index contributed by atoms with van der Waals surface area (Å²) in [4.78, 5) is 47.5. The Morgan fingerprint density at radius 3 is 2.60 bits per heavy atom. The van der Waals surface area contributed by atoms with Crippen LogP contribution in [0.25, 0.3) is 10.8 Å². The molecule has 12 nitrogen and oxygen atoms in total. The lowest BCUT2D eigenvalue weighted by molar-refractivity contribution is -0.148. The first-order chi connectivity index (χ1) is 35.4. The number of carbonyl (C=O) groups is 3. The molecule has 2 aliphatic heterocycles. The molecule has 0 saturated heterocycles. The number of ether oxygens (including phenoxy) is 2. The fourth-order valence-electron chi connectivity index (χ4n) is 12.6. The van der Waals surface area contributed by atoms with Gasteiger partial charge in [0.1, 0.15) is 29.2 Å². The average molecular weight is 983 g/mol. The van der Waals surface area contributed by atoms with Crippen molar-refractivity contribution >= 4 is 34.0 Å². The number of aromatic hydroxyl groups is 3. The van der Waals surface area contributed by atoms with Crippen molar-refractivity contribution < 1.29 is 39.2 Å². The second-order valence-electron chi connectivity index (χ2n) is 20.8. The average Bonchev–Trinajstić information content (AvgIpc) is 4.05. The monoisotopic (exact) mass is 982 g/mol. The lowest BCUT2D eigenvalue weighted by atomic mass is 9.61. The van der Waals surface area contributed by atoms with Gasteiger partial charge < -0.3 is 44.6 Å². The smallest absolute Gasteiger partial charge is 0.302 e. The molecular formula is C61H66N4O8. The van der Waals surface area contributed by atoms with Gasteiger partial charge in [-0.3, -0.25) is 14.4 Å². The van der Waals surface area contributed by atoms with Crippen molar-refractivity contribution in [1.29, 1.82) is 0 Å². The van der Waals surface area contributed by atoms with Gasteiger partial charge in [-0.25, -0.2) is 0 Å². The number of Topliss-reactive ketones (excluding diaryl/α,β-unsaturated/α-hetero) is 2. The van der Waals surface area contributed by atoms with Crippen molar-refractivity contribution in [2.45, 2.75) is 115 Å². The minimum atomic E-state index is -0.727. The highest BCUT2D eigenvalue weighted by Crippen LogP contribution is 2.51. The highest BCUT2D eigenvalue weighted by molar-refractivity contribution is 5.95. The largest absolute Gasteiger partial charge is 0.508 e. The fourth-order valence-corrected chi connectivity index (χ4v) is 12.6. The first kappa shape index (κ1) is 49.2. The third-order valence-corrected chi connectivity index (χ3v) is 16.4. The van der Waals surface area contributed by atoms with Crippen LogP contribution in [0.4, 0.5) is 5.69 Å². The van der Waals surface area contributed by atoms with Gasteiger partial charge in [-0.1, -0.05) is 92.2 Å². The summed E-state index contributed by atoms with van der Waals surface area (Å²) in [5.74, 6) is 6.85. The van der Waals surface area contributed by atoms with E-state index in [0.717, 1.165) is 76.6 Å². The number of hydrogen-bond donors (Lipinski definition) is 5. The first-order valence-electron chi connectivity index (χ1n) is 26.0. The van der Waals surface area contributed by atoms with Crippen molar-refractivity contribution in [1.82, 2.24) is 14.9 Å². The number of aromatic amines is 1. The third-order valence-electron chi connectivity index (χ3n) is 16.4. The molecule has 6 unspecified atom stereocenters. The maximum Gasteiger partial charge on any atom is 0.302 e. The molecule has 1 fully saturated rings. The Labute approximate surface area is 427 Å². The molecule has 3 aromatic carbocycles. The Balaban J connectivity index is 1.18. The number of nitrogens with zero attached hydrogens (tertiary/aromatic N) is 2. The second-order valence-corrected chi connectivity index (χ2v) is 20.8. The summed E-state index contributed by atoms with van der Waals surface area (Å²) in [6.07, 6.45) is 26.0. The molecule has 6 bridgehead atoms. The standard InChI is InChI=1S/C61H66N4O8/c1-38-11-7-16-46-17-10-19-50-51-35-62-34-45(51)33-61(38,46)24-21-49(73-39(2)66)31-48(68)32-54(44-28-56(70)60(71)57(29-44)72-3)64-36-43-15-9-20-53(52(43)37-64)65(26-23-55(69)40-12-5-4-6-13-40)58-30-42(22-25-63-58)59(50)41-14-8-18-47(67)27-41/h7-9,11,14-16,18,20,22,27-30,34-38,40,49-50,54,59,62-63,67,70-71H,4-6,12-13,17,21,23-26,31-33H2,1-3H3. The van der Waals surface area contributed by atoms with Crippen LogP contribution >= 0.6 is 0 Å². The number of ketones is 2. The van der Waals surface area contributed by atoms with Crippen molar-refractivity contribution in [3.63, 3.8) is 0 Å². The molecule has 5 aliphatic rings. The topological polar surface area (TPSA) is 166 Å². The molecule has 3 aliphatic carbocycles. The van der Waals surface area contributed by atoms with Crippen molar-refractivity contribution in [2.24, 2.45) is 17.3 Å². The van der Waals surface area contributed by atoms with Crippen LogP contribution in [0.1, 0.15) is 125 Å². The van der Waals surface area contributed by atoms with Gasteiger partial charge in [-0.05, 0) is 102 Å². The van der Waals surface area contributed by atoms with Gasteiger partial charge in [0.2, 0.25) is 5.75 Å². The number of hydrogen-bond acceptors (Lipinski definition) is 10. The molecule has 12 heteroatoms. The number of rotatable bonds is 8. The number of nitrogens with one attached hydrogen (secondary N) is 2. The van der Waals surface area contributed by atoms with E-state index in [1.54, 1.807) is 12.1 Å². The number of esters is 1. The number of allylic oxidation sites excluding steroid dienone is 6. The van der Waals surface area contributed by atoms with Crippen molar-refractivity contribution in [2.75, 3.05) is 25.1 Å². The number of dihydropyridines is 1. The van der Waals surface area contributed by atoms with Gasteiger partial charge in [0.25, 0.3) is 0 Å². The van der Waals surface area contributed by atoms with Gasteiger partial charge in [0, 0.05) is 98.5 Å². The van der Waals surface area contributed by atoms with E-state index >= 15 is 0 Å². The van der Waals surface area contributed by atoms with Crippen LogP contribution in [-0.4, -0.2) is 68.7 Å². The molecule has 1 spiro atoms. The quantitative estimate of drug-likeness (QED) is 0.0574. The molecule has 5 N–H and O–H groups in total. The van der Waals surface area contributed by atoms with E-state index in [0.29, 0.717) is 50.8 Å². The zero-order valence-corrected chi connectivity index (χ0v) is 42.0. The van der Waals surface area contributed by atoms with E-state index in [-0.39, 0.29) is 65.3 Å². The maximum absolute atomic E-state index is 14.8. The highest BCUT2D eigenvalue weighted by atomic mass is 16.5. The number of aromatic nitrogens is 2. The van der Waals surface area contributed by atoms with Crippen LogP contribution in [0, 0.1) is 29.1 Å². The molecule has 0 amide bonds. The Morgan fingerprint density at radius 2 is 1.79 bits per heavy atom. The molecule has 1 saturated carbocycles. The summed E-state index contributed by atoms with van der Waals surface area (Å²) in [5.41, 5.74) is 6.28. The number of carbonyl (C=O) groups excluding carboxylic acids is 3. The van der Waals surface area contributed by atoms with E-state index in [2.05, 4.69) is 88.9 Å². The number of H-pyrrole nitrogens is 1. The zero-order valence-electron chi connectivity index (χ0n) is 42.0. The predicted molar refractivity (Wildman–Crippen MR) is 282 cm³/mol.